The summed E-state index contributed by atoms with van der Waals surface area (Å²) >= 11 is 4.01. The summed E-state index contributed by atoms with van der Waals surface area (Å²) in [6.45, 7) is 3.43. The van der Waals surface area contributed by atoms with Gasteiger partial charge in [-0.15, -0.1) is 0 Å². The Morgan fingerprint density at radius 1 is 1.60 bits per heavy atom. The van der Waals surface area contributed by atoms with Crippen molar-refractivity contribution >= 4 is 32.5 Å². The molecule has 4 heteroatoms. The molecule has 10 heavy (non-hydrogen) atoms. The highest BCUT2D eigenvalue weighted by Crippen LogP contribution is 2.40. The van der Waals surface area contributed by atoms with Gasteiger partial charge in [0.25, 0.3) is 0 Å². The minimum Gasteiger partial charge on any atom is -0.254 e. The maximum atomic E-state index is 4.01. The Morgan fingerprint density at radius 3 is 2.90 bits per heavy atom. The standard InChI is InChI=1S/C6H13NS3/c1-2-5-3-6(5)4-7-9-10-8/h5-8H,2-4H2,1H3. The Hall–Kier alpha value is 1.01. The zero-order valence-electron chi connectivity index (χ0n) is 6.04. The van der Waals surface area contributed by atoms with E-state index in [-0.39, 0.29) is 0 Å². The van der Waals surface area contributed by atoms with Gasteiger partial charge in [-0.25, -0.2) is 0 Å². The van der Waals surface area contributed by atoms with Gasteiger partial charge < -0.3 is 0 Å². The van der Waals surface area contributed by atoms with E-state index in [1.165, 1.54) is 22.7 Å². The van der Waals surface area contributed by atoms with Crippen molar-refractivity contribution in [1.29, 1.82) is 0 Å². The lowest BCUT2D eigenvalue weighted by Crippen LogP contribution is -2.06. The Bertz CT molecular complexity index is 99.0. The van der Waals surface area contributed by atoms with Crippen LogP contribution in [0.2, 0.25) is 0 Å². The minimum absolute atomic E-state index is 0.956. The summed E-state index contributed by atoms with van der Waals surface area (Å²) < 4.78 is 3.26. The molecular formula is C6H13NS3. The highest BCUT2D eigenvalue weighted by Gasteiger charge is 2.34. The molecule has 0 aromatic rings. The predicted octanol–water partition coefficient (Wildman–Crippen LogP) is 2.76. The van der Waals surface area contributed by atoms with Crippen LogP contribution in [0.4, 0.5) is 0 Å². The zero-order valence-corrected chi connectivity index (χ0v) is 8.57. The van der Waals surface area contributed by atoms with Crippen molar-refractivity contribution < 1.29 is 0 Å². The molecule has 2 unspecified atom stereocenters. The lowest BCUT2D eigenvalue weighted by atomic mass is 10.3. The fraction of sp³-hybridized carbons (Fsp3) is 1.00. The molecule has 2 atom stereocenters. The lowest BCUT2D eigenvalue weighted by Gasteiger charge is -1.97. The minimum atomic E-state index is 0.956. The van der Waals surface area contributed by atoms with Crippen LogP contribution in [0, 0.1) is 11.8 Å². The highest BCUT2D eigenvalue weighted by atomic mass is 33.5. The number of hydrogen-bond donors (Lipinski definition) is 2. The van der Waals surface area contributed by atoms with Crippen LogP contribution in [0.15, 0.2) is 0 Å². The molecule has 1 aliphatic carbocycles. The van der Waals surface area contributed by atoms with Gasteiger partial charge >= 0.3 is 0 Å². The van der Waals surface area contributed by atoms with E-state index in [1.54, 1.807) is 11.0 Å². The largest absolute Gasteiger partial charge is 0.254 e. The molecule has 1 aliphatic rings. The molecule has 0 saturated heterocycles. The number of rotatable bonds is 5. The second-order valence-corrected chi connectivity index (χ2v) is 5.56. The maximum absolute atomic E-state index is 4.01. The first-order chi connectivity index (χ1) is 4.88. The molecule has 0 aromatic heterocycles. The monoisotopic (exact) mass is 195 g/mol. The Balaban J connectivity index is 1.87. The molecule has 1 saturated carbocycles. The maximum Gasteiger partial charge on any atom is 0.00977 e. The third kappa shape index (κ3) is 2.95. The van der Waals surface area contributed by atoms with Crippen molar-refractivity contribution in [2.75, 3.05) is 6.54 Å². The summed E-state index contributed by atoms with van der Waals surface area (Å²) in [5.41, 5.74) is 0. The predicted molar refractivity (Wildman–Crippen MR) is 54.1 cm³/mol. The number of hydrogen-bond acceptors (Lipinski definition) is 4. The van der Waals surface area contributed by atoms with Crippen molar-refractivity contribution in [3.63, 3.8) is 0 Å². The summed E-state index contributed by atoms with van der Waals surface area (Å²) in [7, 11) is 3.10. The fourth-order valence-corrected chi connectivity index (χ4v) is 2.40. The van der Waals surface area contributed by atoms with Crippen LogP contribution < -0.4 is 4.72 Å². The third-order valence-electron chi connectivity index (χ3n) is 2.04. The van der Waals surface area contributed by atoms with Gasteiger partial charge in [0.1, 0.15) is 0 Å². The second-order valence-electron chi connectivity index (χ2n) is 2.67. The molecule has 0 heterocycles. The van der Waals surface area contributed by atoms with E-state index in [9.17, 15) is 0 Å². The van der Waals surface area contributed by atoms with Crippen molar-refractivity contribution in [2.45, 2.75) is 19.8 Å². The summed E-state index contributed by atoms with van der Waals surface area (Å²) in [5, 5.41) is 0. The van der Waals surface area contributed by atoms with Crippen LogP contribution in [0.25, 0.3) is 0 Å². The van der Waals surface area contributed by atoms with E-state index in [0.717, 1.165) is 18.4 Å². The average Bonchev–Trinajstić information content (AvgIpc) is 2.68. The SMILES string of the molecule is CCC1CC1CNSSS. The van der Waals surface area contributed by atoms with Crippen molar-refractivity contribution in [1.82, 2.24) is 4.72 Å². The quantitative estimate of drug-likeness (QED) is 0.303. The Labute approximate surface area is 75.4 Å². The fourth-order valence-electron chi connectivity index (χ4n) is 1.23. The van der Waals surface area contributed by atoms with E-state index in [1.807, 2.05) is 0 Å². The molecule has 0 spiro atoms. The van der Waals surface area contributed by atoms with E-state index in [0.29, 0.717) is 0 Å². The van der Waals surface area contributed by atoms with Crippen LogP contribution in [0.5, 0.6) is 0 Å². The van der Waals surface area contributed by atoms with Crippen LogP contribution in [-0.2, 0) is 0 Å². The van der Waals surface area contributed by atoms with E-state index in [2.05, 4.69) is 23.3 Å². The number of nitrogens with one attached hydrogen (secondary N) is 1. The Kier molecular flexibility index (Phi) is 4.37. The molecule has 1 N–H and O–H groups in total. The van der Waals surface area contributed by atoms with Crippen LogP contribution >= 0.6 is 32.5 Å². The van der Waals surface area contributed by atoms with Crippen molar-refractivity contribution in [3.8, 4) is 0 Å². The molecule has 1 rings (SSSR count). The summed E-state index contributed by atoms with van der Waals surface area (Å²) in [4.78, 5) is 0. The van der Waals surface area contributed by atoms with Gasteiger partial charge in [0.15, 0.2) is 0 Å². The second kappa shape index (κ2) is 4.80. The van der Waals surface area contributed by atoms with Gasteiger partial charge in [0, 0.05) is 6.54 Å². The summed E-state index contributed by atoms with van der Waals surface area (Å²) in [6.07, 6.45) is 2.78. The van der Waals surface area contributed by atoms with E-state index < -0.39 is 0 Å². The molecule has 0 radical (unpaired) electrons. The van der Waals surface area contributed by atoms with Gasteiger partial charge in [-0.1, -0.05) is 25.0 Å². The summed E-state index contributed by atoms with van der Waals surface area (Å²) in [6, 6.07) is 0. The first-order valence-electron chi connectivity index (χ1n) is 3.58. The highest BCUT2D eigenvalue weighted by molar-refractivity contribution is 9.05. The van der Waals surface area contributed by atoms with Gasteiger partial charge in [-0.2, -0.15) is 0 Å². The third-order valence-corrected chi connectivity index (χ3v) is 3.64. The molecular weight excluding hydrogens is 182 g/mol. The molecule has 1 fully saturated rings. The first kappa shape index (κ1) is 9.10. The van der Waals surface area contributed by atoms with Crippen molar-refractivity contribution in [3.05, 3.63) is 0 Å². The van der Waals surface area contributed by atoms with E-state index in [4.69, 9.17) is 0 Å². The lowest BCUT2D eigenvalue weighted by molar-refractivity contribution is 0.672. The molecule has 0 amide bonds. The van der Waals surface area contributed by atoms with Gasteiger partial charge in [0.2, 0.25) is 0 Å². The molecule has 0 bridgehead atoms. The molecule has 1 nitrogen and oxygen atoms in total. The number of thiol groups is 1. The van der Waals surface area contributed by atoms with Crippen LogP contribution in [0.3, 0.4) is 0 Å². The van der Waals surface area contributed by atoms with Crippen molar-refractivity contribution in [2.24, 2.45) is 11.8 Å². The van der Waals surface area contributed by atoms with Crippen LogP contribution in [0.1, 0.15) is 19.8 Å². The molecule has 0 aliphatic heterocycles. The van der Waals surface area contributed by atoms with Gasteiger partial charge in [-0.3, -0.25) is 4.72 Å². The normalized spacial score (nSPS) is 30.6. The van der Waals surface area contributed by atoms with E-state index >= 15 is 0 Å². The van der Waals surface area contributed by atoms with Gasteiger partial charge in [-0.05, 0) is 39.1 Å². The topological polar surface area (TPSA) is 12.0 Å². The first-order valence-corrected chi connectivity index (χ1v) is 6.78. The Morgan fingerprint density at radius 2 is 2.40 bits per heavy atom. The zero-order chi connectivity index (χ0) is 7.40. The summed E-state index contributed by atoms with van der Waals surface area (Å²) in [5.74, 6) is 1.97. The molecule has 60 valence electrons. The average molecular weight is 195 g/mol. The van der Waals surface area contributed by atoms with Crippen LogP contribution in [-0.4, -0.2) is 6.54 Å². The smallest absolute Gasteiger partial charge is 0.00977 e. The van der Waals surface area contributed by atoms with Gasteiger partial charge in [0.05, 0.1) is 0 Å². The molecule has 0 aromatic carbocycles.